The summed E-state index contributed by atoms with van der Waals surface area (Å²) in [5.74, 6) is 0.806. The molecule has 0 amide bonds. The van der Waals surface area contributed by atoms with Gasteiger partial charge >= 0.3 is 0 Å². The molecule has 0 aromatic heterocycles. The predicted octanol–water partition coefficient (Wildman–Crippen LogP) is 4.75. The summed E-state index contributed by atoms with van der Waals surface area (Å²) in [4.78, 5) is 11.2. The Labute approximate surface area is 153 Å². The average molecular weight is 365 g/mol. The molecule has 0 heterocycles. The van der Waals surface area contributed by atoms with E-state index < -0.39 is 14.4 Å². The summed E-state index contributed by atoms with van der Waals surface area (Å²) in [7, 11) is -0.0859. The zero-order valence-electron chi connectivity index (χ0n) is 16.4. The Bertz CT molecular complexity index is 544. The minimum Gasteiger partial charge on any atom is -0.497 e. The molecule has 0 saturated carbocycles. The van der Waals surface area contributed by atoms with Crippen molar-refractivity contribution in [3.8, 4) is 5.75 Å². The highest BCUT2D eigenvalue weighted by Crippen LogP contribution is 2.36. The van der Waals surface area contributed by atoms with E-state index in [0.717, 1.165) is 17.6 Å². The number of hydrogen-bond donors (Lipinski definition) is 0. The number of benzene rings is 1. The zero-order chi connectivity index (χ0) is 18.9. The molecule has 0 radical (unpaired) electrons. The van der Waals surface area contributed by atoms with Gasteiger partial charge in [0.1, 0.15) is 18.1 Å². The normalized spacial score (nSPS) is 13.8. The van der Waals surface area contributed by atoms with E-state index in [0.29, 0.717) is 19.6 Å². The Balaban J connectivity index is 2.37. The monoisotopic (exact) mass is 364 g/mol. The van der Waals surface area contributed by atoms with Crippen molar-refractivity contribution in [1.82, 2.24) is 0 Å². The third-order valence-electron chi connectivity index (χ3n) is 4.66. The van der Waals surface area contributed by atoms with Crippen LogP contribution in [0.2, 0.25) is 18.1 Å². The van der Waals surface area contributed by atoms with E-state index in [2.05, 4.69) is 33.9 Å². The van der Waals surface area contributed by atoms with Gasteiger partial charge in [0.15, 0.2) is 8.32 Å². The van der Waals surface area contributed by atoms with E-state index in [9.17, 15) is 4.79 Å². The fraction of sp³-hybridized carbons (Fsp3) is 0.550. The van der Waals surface area contributed by atoms with Gasteiger partial charge in [-0.1, -0.05) is 45.1 Å². The molecule has 25 heavy (non-hydrogen) atoms. The number of aldehydes is 1. The molecule has 0 aliphatic carbocycles. The number of carbonyl (C=O) groups is 1. The summed E-state index contributed by atoms with van der Waals surface area (Å²) in [6.45, 7) is 12.1. The fourth-order valence-electron chi connectivity index (χ4n) is 1.86. The molecule has 0 N–H and O–H groups in total. The molecule has 0 aliphatic heterocycles. The van der Waals surface area contributed by atoms with Gasteiger partial charge in [0, 0.05) is 0 Å². The summed E-state index contributed by atoms with van der Waals surface area (Å²) < 4.78 is 16.9. The molecule has 1 atom stereocenters. The second kappa shape index (κ2) is 9.90. The zero-order valence-corrected chi connectivity index (χ0v) is 17.4. The van der Waals surface area contributed by atoms with Gasteiger partial charge in [-0.25, -0.2) is 0 Å². The molecular weight excluding hydrogens is 332 g/mol. The lowest BCUT2D eigenvalue weighted by Crippen LogP contribution is -2.40. The van der Waals surface area contributed by atoms with Crippen LogP contribution in [0.1, 0.15) is 32.8 Å². The molecule has 0 bridgehead atoms. The minimum absolute atomic E-state index is 0.202. The first-order valence-corrected chi connectivity index (χ1v) is 11.6. The highest BCUT2D eigenvalue weighted by atomic mass is 28.4. The first-order chi connectivity index (χ1) is 11.7. The van der Waals surface area contributed by atoms with Crippen LogP contribution in [-0.2, 0) is 20.6 Å². The van der Waals surface area contributed by atoms with Crippen LogP contribution in [0.15, 0.2) is 36.4 Å². The van der Waals surface area contributed by atoms with Crippen LogP contribution in [0.3, 0.4) is 0 Å². The number of methoxy groups -OCH3 is 1. The molecule has 0 fully saturated rings. The summed E-state index contributed by atoms with van der Waals surface area (Å²) >= 11 is 0. The molecule has 0 saturated heterocycles. The SMILES string of the molecule is COc1ccc(CO[C@H](C=O)C/C=C/CO[Si](C)(C)C(C)(C)C)cc1. The molecule has 0 aliphatic rings. The average Bonchev–Trinajstić information content (AvgIpc) is 2.56. The van der Waals surface area contributed by atoms with Crippen molar-refractivity contribution in [2.45, 2.75) is 58.0 Å². The topological polar surface area (TPSA) is 44.8 Å². The van der Waals surface area contributed by atoms with Gasteiger partial charge in [-0.3, -0.25) is 0 Å². The standard InChI is InChI=1S/C20H32O4Si/c1-20(2,3)25(5,6)24-14-8-7-9-19(15-21)23-16-17-10-12-18(22-4)13-11-17/h7-8,10-13,15,19H,9,14,16H2,1-6H3/b8-7+/t19-/m0/s1. The van der Waals surface area contributed by atoms with Crippen molar-refractivity contribution in [1.29, 1.82) is 0 Å². The second-order valence-corrected chi connectivity index (χ2v) is 12.4. The first kappa shape index (κ1) is 21.6. The van der Waals surface area contributed by atoms with Gasteiger partial charge < -0.3 is 18.7 Å². The number of rotatable bonds is 10. The largest absolute Gasteiger partial charge is 0.497 e. The van der Waals surface area contributed by atoms with E-state index in [-0.39, 0.29) is 5.04 Å². The summed E-state index contributed by atoms with van der Waals surface area (Å²) in [5, 5.41) is 0.202. The molecular formula is C20H32O4Si. The Morgan fingerprint density at radius 3 is 2.28 bits per heavy atom. The van der Waals surface area contributed by atoms with Crippen molar-refractivity contribution < 1.29 is 18.7 Å². The van der Waals surface area contributed by atoms with Gasteiger partial charge in [-0.2, -0.15) is 0 Å². The highest BCUT2D eigenvalue weighted by molar-refractivity contribution is 6.74. The molecule has 1 aromatic rings. The van der Waals surface area contributed by atoms with Crippen LogP contribution in [-0.4, -0.2) is 34.4 Å². The molecule has 1 rings (SSSR count). The van der Waals surface area contributed by atoms with E-state index in [4.69, 9.17) is 13.9 Å². The van der Waals surface area contributed by atoms with Crippen molar-refractivity contribution in [3.63, 3.8) is 0 Å². The highest BCUT2D eigenvalue weighted by Gasteiger charge is 2.36. The minimum atomic E-state index is -1.72. The van der Waals surface area contributed by atoms with Gasteiger partial charge in [0.2, 0.25) is 0 Å². The lowest BCUT2D eigenvalue weighted by atomic mass is 10.2. The maximum absolute atomic E-state index is 11.2. The van der Waals surface area contributed by atoms with Crippen molar-refractivity contribution >= 4 is 14.6 Å². The van der Waals surface area contributed by atoms with Gasteiger partial charge in [-0.15, -0.1) is 0 Å². The predicted molar refractivity (Wildman–Crippen MR) is 105 cm³/mol. The van der Waals surface area contributed by atoms with E-state index in [1.807, 2.05) is 36.4 Å². The molecule has 1 aromatic carbocycles. The summed E-state index contributed by atoms with van der Waals surface area (Å²) in [6.07, 6.45) is 4.91. The Hall–Kier alpha value is -1.43. The van der Waals surface area contributed by atoms with Crippen LogP contribution in [0.4, 0.5) is 0 Å². The first-order valence-electron chi connectivity index (χ1n) is 8.68. The summed E-state index contributed by atoms with van der Waals surface area (Å²) in [5.41, 5.74) is 1.01. The molecule has 0 unspecified atom stereocenters. The van der Waals surface area contributed by atoms with Crippen LogP contribution >= 0.6 is 0 Å². The lowest BCUT2D eigenvalue weighted by Gasteiger charge is -2.35. The van der Waals surface area contributed by atoms with Crippen LogP contribution in [0, 0.1) is 0 Å². The smallest absolute Gasteiger partial charge is 0.192 e. The number of ether oxygens (including phenoxy) is 2. The Morgan fingerprint density at radius 2 is 1.76 bits per heavy atom. The van der Waals surface area contributed by atoms with Crippen molar-refractivity contribution in [2.24, 2.45) is 0 Å². The summed E-state index contributed by atoms with van der Waals surface area (Å²) in [6, 6.07) is 7.63. The maximum atomic E-state index is 11.2. The van der Waals surface area contributed by atoms with Crippen molar-refractivity contribution in [3.05, 3.63) is 42.0 Å². The quantitative estimate of drug-likeness (QED) is 0.341. The third kappa shape index (κ3) is 7.55. The maximum Gasteiger partial charge on any atom is 0.192 e. The third-order valence-corrected chi connectivity index (χ3v) is 9.16. The molecule has 0 spiro atoms. The second-order valence-electron chi connectivity index (χ2n) is 7.61. The van der Waals surface area contributed by atoms with E-state index in [1.165, 1.54) is 0 Å². The molecule has 140 valence electrons. The molecule has 4 nitrogen and oxygen atoms in total. The van der Waals surface area contributed by atoms with Gasteiger partial charge in [0.05, 0.1) is 20.3 Å². The van der Waals surface area contributed by atoms with Crippen LogP contribution < -0.4 is 4.74 Å². The van der Waals surface area contributed by atoms with Crippen LogP contribution in [0.5, 0.6) is 5.75 Å². The number of carbonyl (C=O) groups excluding carboxylic acids is 1. The van der Waals surface area contributed by atoms with Crippen LogP contribution in [0.25, 0.3) is 0 Å². The fourth-order valence-corrected chi connectivity index (χ4v) is 2.81. The Kier molecular flexibility index (Phi) is 8.55. The lowest BCUT2D eigenvalue weighted by molar-refractivity contribution is -0.118. The van der Waals surface area contributed by atoms with E-state index in [1.54, 1.807) is 7.11 Å². The van der Waals surface area contributed by atoms with Gasteiger partial charge in [0.25, 0.3) is 0 Å². The van der Waals surface area contributed by atoms with Gasteiger partial charge in [-0.05, 0) is 42.2 Å². The Morgan fingerprint density at radius 1 is 1.12 bits per heavy atom. The van der Waals surface area contributed by atoms with E-state index >= 15 is 0 Å². The number of hydrogen-bond acceptors (Lipinski definition) is 4. The molecule has 5 heteroatoms. The van der Waals surface area contributed by atoms with Crippen molar-refractivity contribution in [2.75, 3.05) is 13.7 Å².